The first-order chi connectivity index (χ1) is 16.6. The number of hydrogen-bond donors (Lipinski definition) is 0. The first-order valence-electron chi connectivity index (χ1n) is 11.4. The Morgan fingerprint density at radius 2 is 1.97 bits per heavy atom. The van der Waals surface area contributed by atoms with Crippen molar-refractivity contribution in [1.82, 2.24) is 19.9 Å². The normalized spacial score (nSPS) is 19.9. The molecule has 4 heterocycles. The van der Waals surface area contributed by atoms with Crippen LogP contribution in [0, 0.1) is 18.9 Å². The monoisotopic (exact) mass is 510 g/mol. The van der Waals surface area contributed by atoms with Crippen LogP contribution < -0.4 is 0 Å². The number of alkyl halides is 3. The number of nitrogens with zero attached hydrogens (tertiary/aromatic N) is 5. The molecule has 0 N–H and O–H groups in total. The second kappa shape index (κ2) is 10.5. The van der Waals surface area contributed by atoms with E-state index in [1.54, 1.807) is 17.0 Å². The quantitative estimate of drug-likeness (QED) is 0.625. The molecular formula is C23H27F3N5O3S+. The molecule has 1 unspecified atom stereocenters. The highest BCUT2D eigenvalue weighted by Crippen LogP contribution is 2.38. The molecule has 0 bridgehead atoms. The lowest BCUT2D eigenvalue weighted by molar-refractivity contribution is -0.156. The average molecular weight is 511 g/mol. The summed E-state index contributed by atoms with van der Waals surface area (Å²) in [6.07, 6.45) is -3.09. The lowest BCUT2D eigenvalue weighted by Gasteiger charge is -2.30. The lowest BCUT2D eigenvalue weighted by atomic mass is 9.99. The third-order valence-electron chi connectivity index (χ3n) is 6.27. The summed E-state index contributed by atoms with van der Waals surface area (Å²) in [6, 6.07) is 6.10. The number of likely N-dealkylation sites (tertiary alicyclic amines) is 1. The van der Waals surface area contributed by atoms with Crippen molar-refractivity contribution in [3.05, 3.63) is 33.2 Å². The lowest BCUT2D eigenvalue weighted by Crippen LogP contribution is -2.45. The zero-order valence-corrected chi connectivity index (χ0v) is 20.4. The summed E-state index contributed by atoms with van der Waals surface area (Å²) in [4.78, 5) is 36.1. The van der Waals surface area contributed by atoms with Crippen LogP contribution in [0.15, 0.2) is 16.7 Å². The van der Waals surface area contributed by atoms with Gasteiger partial charge in [-0.2, -0.15) is 18.0 Å². The maximum Gasteiger partial charge on any atom is 0.528 e. The van der Waals surface area contributed by atoms with Gasteiger partial charge in [-0.15, -0.1) is 11.3 Å². The Balaban J connectivity index is 1.36. The predicted molar refractivity (Wildman–Crippen MR) is 124 cm³/mol. The van der Waals surface area contributed by atoms with Gasteiger partial charge in [0.05, 0.1) is 9.75 Å². The van der Waals surface area contributed by atoms with Crippen molar-refractivity contribution in [2.24, 2.45) is 5.92 Å². The standard InChI is InChI=1S/C23H27F3N5O3S/c1-15-20(28-34-21(15)23(24,25)26)17-5-6-18(35-17)22(33)31-7-3-4-16(13-31)12-27-19(32)14-30-10-8-29(2)9-11-30/h5-6,16H,3-4,7-11,13-14H2,1-2H3/q+1. The van der Waals surface area contributed by atoms with Crippen molar-refractivity contribution in [3.63, 3.8) is 0 Å². The van der Waals surface area contributed by atoms with Gasteiger partial charge in [0.1, 0.15) is 18.2 Å². The highest BCUT2D eigenvalue weighted by atomic mass is 32.1. The molecule has 2 fully saturated rings. The number of thiophene rings is 1. The van der Waals surface area contributed by atoms with E-state index in [0.29, 0.717) is 22.8 Å². The van der Waals surface area contributed by atoms with Gasteiger partial charge in [0.2, 0.25) is 5.76 Å². The van der Waals surface area contributed by atoms with Crippen LogP contribution in [0.4, 0.5) is 13.2 Å². The first kappa shape index (κ1) is 25.3. The van der Waals surface area contributed by atoms with Gasteiger partial charge in [0, 0.05) is 49.7 Å². The smallest absolute Gasteiger partial charge is 0.351 e. The molecule has 4 rings (SSSR count). The van der Waals surface area contributed by atoms with Crippen LogP contribution in [0.5, 0.6) is 0 Å². The maximum atomic E-state index is 13.0. The predicted octanol–water partition coefficient (Wildman–Crippen LogP) is 3.69. The number of carbonyl (C=O) groups excluding carboxylic acids is 2. The SMILES string of the molecule is Cc1c(-c2ccc(C(=O)N3CCCC(C#[N+]C(=O)CN4CCN(C)CC4)C3)s2)noc1C(F)(F)F. The molecule has 0 spiro atoms. The number of aromatic nitrogens is 1. The number of halogens is 3. The molecule has 2 aromatic rings. The molecule has 12 heteroatoms. The highest BCUT2D eigenvalue weighted by molar-refractivity contribution is 7.17. The van der Waals surface area contributed by atoms with Crippen molar-refractivity contribution in [2.75, 3.05) is 52.9 Å². The van der Waals surface area contributed by atoms with Crippen LogP contribution in [-0.4, -0.2) is 84.5 Å². The van der Waals surface area contributed by atoms with Crippen molar-refractivity contribution in [2.45, 2.75) is 25.9 Å². The van der Waals surface area contributed by atoms with Crippen molar-refractivity contribution < 1.29 is 27.3 Å². The Hall–Kier alpha value is -2.75. The molecule has 188 valence electrons. The number of hydrogen-bond acceptors (Lipinski definition) is 7. The van der Waals surface area contributed by atoms with Gasteiger partial charge >= 0.3 is 12.1 Å². The van der Waals surface area contributed by atoms with Crippen molar-refractivity contribution in [3.8, 4) is 16.6 Å². The molecule has 35 heavy (non-hydrogen) atoms. The van der Waals surface area contributed by atoms with Gasteiger partial charge in [-0.05, 0) is 38.9 Å². The molecular weight excluding hydrogens is 483 g/mol. The van der Waals surface area contributed by atoms with Gasteiger partial charge in [-0.3, -0.25) is 9.69 Å². The zero-order chi connectivity index (χ0) is 25.2. The molecule has 0 aromatic carbocycles. The highest BCUT2D eigenvalue weighted by Gasteiger charge is 2.39. The topological polar surface area (TPSA) is 74.2 Å². The molecule has 0 aliphatic carbocycles. The third kappa shape index (κ3) is 6.09. The summed E-state index contributed by atoms with van der Waals surface area (Å²) in [5, 5.41) is 3.57. The number of piperidine rings is 1. The van der Waals surface area contributed by atoms with E-state index in [9.17, 15) is 22.8 Å². The van der Waals surface area contributed by atoms with E-state index < -0.39 is 11.9 Å². The number of amides is 2. The van der Waals surface area contributed by atoms with E-state index >= 15 is 0 Å². The average Bonchev–Trinajstić information content (AvgIpc) is 3.45. The summed E-state index contributed by atoms with van der Waals surface area (Å²) < 4.78 is 43.5. The van der Waals surface area contributed by atoms with Crippen LogP contribution in [0.25, 0.3) is 15.4 Å². The summed E-state index contributed by atoms with van der Waals surface area (Å²) in [7, 11) is 2.05. The van der Waals surface area contributed by atoms with E-state index in [4.69, 9.17) is 0 Å². The minimum Gasteiger partial charge on any atom is -0.351 e. The second-order valence-corrected chi connectivity index (χ2v) is 10.0. The molecule has 2 aromatic heterocycles. The van der Waals surface area contributed by atoms with Crippen molar-refractivity contribution in [1.29, 1.82) is 0 Å². The molecule has 0 saturated carbocycles. The minimum absolute atomic E-state index is 0.0808. The molecule has 2 aliphatic rings. The number of piperazine rings is 1. The van der Waals surface area contributed by atoms with Crippen LogP contribution in [-0.2, 0) is 11.0 Å². The van der Waals surface area contributed by atoms with Gasteiger partial charge in [-0.1, -0.05) is 5.16 Å². The van der Waals surface area contributed by atoms with E-state index in [1.165, 1.54) is 6.92 Å². The van der Waals surface area contributed by atoms with Gasteiger partial charge in [0.15, 0.2) is 0 Å². The Morgan fingerprint density at radius 1 is 1.23 bits per heavy atom. The Morgan fingerprint density at radius 3 is 2.66 bits per heavy atom. The summed E-state index contributed by atoms with van der Waals surface area (Å²) in [5.74, 6) is -1.73. The maximum absolute atomic E-state index is 13.0. The fourth-order valence-electron chi connectivity index (χ4n) is 4.23. The van der Waals surface area contributed by atoms with Gasteiger partial charge < -0.3 is 14.3 Å². The molecule has 2 amide bonds. The first-order valence-corrected chi connectivity index (χ1v) is 12.3. The van der Waals surface area contributed by atoms with Crippen LogP contribution in [0.1, 0.15) is 33.8 Å². The third-order valence-corrected chi connectivity index (χ3v) is 7.35. The largest absolute Gasteiger partial charge is 0.528 e. The van der Waals surface area contributed by atoms with Crippen LogP contribution >= 0.6 is 11.3 Å². The van der Waals surface area contributed by atoms with E-state index in [0.717, 1.165) is 50.4 Å². The summed E-state index contributed by atoms with van der Waals surface area (Å²) in [6.45, 7) is 6.01. The number of carbonyl (C=O) groups is 2. The van der Waals surface area contributed by atoms with Crippen LogP contribution in [0.2, 0.25) is 0 Å². The number of rotatable bonds is 4. The summed E-state index contributed by atoms with van der Waals surface area (Å²) in [5.41, 5.74) is -0.0272. The Labute approximate surface area is 205 Å². The summed E-state index contributed by atoms with van der Waals surface area (Å²) >= 11 is 1.08. The Bertz CT molecular complexity index is 1140. The molecule has 1 atom stereocenters. The number of likely N-dealkylation sites (N-methyl/N-ethyl adjacent to an activating group) is 1. The second-order valence-electron chi connectivity index (χ2n) is 8.95. The van der Waals surface area contributed by atoms with Gasteiger partial charge in [-0.25, -0.2) is 0 Å². The molecule has 2 saturated heterocycles. The Kier molecular flexibility index (Phi) is 7.59. The molecule has 0 radical (unpaired) electrons. The minimum atomic E-state index is -4.63. The van der Waals surface area contributed by atoms with E-state index in [2.05, 4.69) is 37.4 Å². The molecule has 2 aliphatic heterocycles. The van der Waals surface area contributed by atoms with Crippen molar-refractivity contribution >= 4 is 23.2 Å². The van der Waals surface area contributed by atoms with E-state index in [1.807, 2.05) is 0 Å². The molecule has 8 nitrogen and oxygen atoms in total. The zero-order valence-electron chi connectivity index (χ0n) is 19.6. The fraction of sp³-hybridized carbons (Fsp3) is 0.565. The van der Waals surface area contributed by atoms with Gasteiger partial charge in [0.25, 0.3) is 12.0 Å². The van der Waals surface area contributed by atoms with Crippen LogP contribution in [0.3, 0.4) is 0 Å². The van der Waals surface area contributed by atoms with E-state index in [-0.39, 0.29) is 35.5 Å². The fourth-order valence-corrected chi connectivity index (χ4v) is 5.24.